The maximum atomic E-state index is 8.92. The highest BCUT2D eigenvalue weighted by molar-refractivity contribution is 9.10. The molecule has 4 aromatic carbocycles. The molecule has 6 N–H and O–H groups in total. The summed E-state index contributed by atoms with van der Waals surface area (Å²) in [6.07, 6.45) is 6.61. The van der Waals surface area contributed by atoms with Gasteiger partial charge in [0.05, 0.1) is 34.8 Å². The Hall–Kier alpha value is -6.08. The SMILES string of the molecule is Nc1cnc(-c2ccc3ncccc3c2)c(-c2ccccc2)n1.Nc1cnc(Br)c(-c2ccccc2)n1.OB(O)c1ccc2ncccc2c1. The predicted molar refractivity (Wildman–Crippen MR) is 204 cm³/mol. The molecule has 0 atom stereocenters. The molecule has 0 saturated heterocycles. The van der Waals surface area contributed by atoms with E-state index < -0.39 is 7.12 Å². The second-order valence-electron chi connectivity index (χ2n) is 10.9. The van der Waals surface area contributed by atoms with E-state index in [9.17, 15) is 0 Å². The van der Waals surface area contributed by atoms with E-state index in [0.29, 0.717) is 21.7 Å². The zero-order valence-electron chi connectivity index (χ0n) is 26.5. The van der Waals surface area contributed by atoms with Crippen LogP contribution in [0.3, 0.4) is 0 Å². The molecule has 0 aliphatic heterocycles. The molecule has 0 fully saturated rings. The maximum absolute atomic E-state index is 8.92. The lowest BCUT2D eigenvalue weighted by molar-refractivity contribution is 0.426. The number of benzene rings is 4. The summed E-state index contributed by atoms with van der Waals surface area (Å²) in [6.45, 7) is 0. The number of nitrogens with zero attached hydrogens (tertiary/aromatic N) is 6. The highest BCUT2D eigenvalue weighted by Crippen LogP contribution is 2.31. The summed E-state index contributed by atoms with van der Waals surface area (Å²) in [7, 11) is -1.41. The van der Waals surface area contributed by atoms with Crippen molar-refractivity contribution in [1.82, 2.24) is 29.9 Å². The number of halogens is 1. The molecule has 0 amide bonds. The third-order valence-corrected chi connectivity index (χ3v) is 8.01. The molecule has 4 heterocycles. The van der Waals surface area contributed by atoms with Crippen LogP contribution in [0.2, 0.25) is 0 Å². The Balaban J connectivity index is 0.000000138. The molecular weight excluding hydrogens is 691 g/mol. The van der Waals surface area contributed by atoms with Crippen LogP contribution in [0.5, 0.6) is 0 Å². The van der Waals surface area contributed by atoms with Gasteiger partial charge >= 0.3 is 7.12 Å². The van der Waals surface area contributed by atoms with Crippen LogP contribution in [0.4, 0.5) is 11.6 Å². The van der Waals surface area contributed by atoms with E-state index in [-0.39, 0.29) is 0 Å². The Morgan fingerprint density at radius 2 is 1.04 bits per heavy atom. The first kappa shape index (κ1) is 33.8. The molecule has 0 bridgehead atoms. The van der Waals surface area contributed by atoms with Gasteiger partial charge in [-0.05, 0) is 57.1 Å². The average molecular weight is 721 g/mol. The van der Waals surface area contributed by atoms with Gasteiger partial charge in [0.25, 0.3) is 0 Å². The van der Waals surface area contributed by atoms with Crippen molar-refractivity contribution in [3.8, 4) is 33.8 Å². The lowest BCUT2D eigenvalue weighted by atomic mass is 9.80. The minimum atomic E-state index is -1.41. The Morgan fingerprint density at radius 1 is 0.500 bits per heavy atom. The van der Waals surface area contributed by atoms with Gasteiger partial charge in [0.1, 0.15) is 21.9 Å². The number of aromatic nitrogens is 6. The number of pyridine rings is 2. The Labute approximate surface area is 296 Å². The summed E-state index contributed by atoms with van der Waals surface area (Å²) in [6, 6.07) is 38.6. The molecule has 0 spiro atoms. The maximum Gasteiger partial charge on any atom is 0.488 e. The first-order chi connectivity index (χ1) is 24.4. The van der Waals surface area contributed by atoms with Crippen molar-refractivity contribution in [3.63, 3.8) is 0 Å². The summed E-state index contributed by atoms with van der Waals surface area (Å²) in [4.78, 5) is 25.8. The lowest BCUT2D eigenvalue weighted by Crippen LogP contribution is -2.29. The van der Waals surface area contributed by atoms with Crippen LogP contribution in [0.15, 0.2) is 151 Å². The van der Waals surface area contributed by atoms with Crippen LogP contribution in [-0.2, 0) is 0 Å². The van der Waals surface area contributed by atoms with Gasteiger partial charge in [-0.2, -0.15) is 0 Å². The van der Waals surface area contributed by atoms with E-state index in [1.165, 1.54) is 6.20 Å². The fourth-order valence-corrected chi connectivity index (χ4v) is 5.48. The normalized spacial score (nSPS) is 10.5. The van der Waals surface area contributed by atoms with Gasteiger partial charge in [-0.25, -0.2) is 15.0 Å². The average Bonchev–Trinajstić information content (AvgIpc) is 3.16. The molecular formula is C38H30BBrN8O2. The molecule has 8 aromatic rings. The number of hydrogen-bond donors (Lipinski definition) is 4. The summed E-state index contributed by atoms with van der Waals surface area (Å²) in [5, 5.41) is 19.8. The number of fused-ring (bicyclic) bond motifs is 2. The van der Waals surface area contributed by atoms with E-state index in [0.717, 1.165) is 55.6 Å². The summed E-state index contributed by atoms with van der Waals surface area (Å²) >= 11 is 3.34. The number of hydrogen-bond acceptors (Lipinski definition) is 10. The molecule has 8 rings (SSSR count). The van der Waals surface area contributed by atoms with Gasteiger partial charge in [-0.15, -0.1) is 0 Å². The standard InChI is InChI=1S/C19H14N4.C10H8BrN3.C9H8BNO2/c20-17-12-22-18(19(23-17)13-5-2-1-3-6-13)15-8-9-16-14(11-15)7-4-10-21-16;11-10-9(14-8(12)6-13-10)7-4-2-1-3-5-7;12-10(13)8-3-4-9-7(6-8)2-1-5-11-9/h1-12H,(H2,20,23);1-6H,(H2,12,14);1-6,12-13H. The molecule has 0 aliphatic rings. The fourth-order valence-electron chi connectivity index (χ4n) is 5.06. The minimum absolute atomic E-state index is 0.412. The van der Waals surface area contributed by atoms with Crippen molar-refractivity contribution in [2.45, 2.75) is 0 Å². The largest absolute Gasteiger partial charge is 0.488 e. The smallest absolute Gasteiger partial charge is 0.423 e. The van der Waals surface area contributed by atoms with E-state index in [4.69, 9.17) is 21.5 Å². The topological polar surface area (TPSA) is 170 Å². The van der Waals surface area contributed by atoms with Crippen molar-refractivity contribution in [2.75, 3.05) is 11.5 Å². The predicted octanol–water partition coefficient (Wildman–Crippen LogP) is 6.34. The van der Waals surface area contributed by atoms with Gasteiger partial charge in [0.2, 0.25) is 0 Å². The van der Waals surface area contributed by atoms with Gasteiger partial charge in [0.15, 0.2) is 0 Å². The number of rotatable bonds is 4. The van der Waals surface area contributed by atoms with Crippen LogP contribution in [0.25, 0.3) is 55.6 Å². The van der Waals surface area contributed by atoms with Crippen molar-refractivity contribution in [1.29, 1.82) is 0 Å². The first-order valence-electron chi connectivity index (χ1n) is 15.4. The summed E-state index contributed by atoms with van der Waals surface area (Å²) in [5.41, 5.74) is 19.1. The third kappa shape index (κ3) is 8.31. The fraction of sp³-hybridized carbons (Fsp3) is 0. The molecule has 12 heteroatoms. The van der Waals surface area contributed by atoms with Crippen LogP contribution < -0.4 is 16.9 Å². The minimum Gasteiger partial charge on any atom is -0.423 e. The third-order valence-electron chi connectivity index (χ3n) is 7.43. The lowest BCUT2D eigenvalue weighted by Gasteiger charge is -2.09. The zero-order valence-corrected chi connectivity index (χ0v) is 28.1. The van der Waals surface area contributed by atoms with Gasteiger partial charge in [-0.3, -0.25) is 15.0 Å². The Kier molecular flexibility index (Phi) is 10.7. The van der Waals surface area contributed by atoms with Gasteiger partial charge < -0.3 is 21.5 Å². The van der Waals surface area contributed by atoms with Gasteiger partial charge in [-0.1, -0.05) is 91.0 Å². The number of nitrogens with two attached hydrogens (primary N) is 2. The highest BCUT2D eigenvalue weighted by atomic mass is 79.9. The quantitative estimate of drug-likeness (QED) is 0.150. The zero-order chi connectivity index (χ0) is 34.9. The van der Waals surface area contributed by atoms with Crippen LogP contribution in [0, 0.1) is 0 Å². The van der Waals surface area contributed by atoms with Crippen LogP contribution in [0.1, 0.15) is 0 Å². The van der Waals surface area contributed by atoms with Crippen molar-refractivity contribution >= 4 is 62.0 Å². The van der Waals surface area contributed by atoms with E-state index in [1.807, 2.05) is 97.1 Å². The molecule has 0 unspecified atom stereocenters. The molecule has 10 nitrogen and oxygen atoms in total. The Bertz CT molecular complexity index is 2370. The van der Waals surface area contributed by atoms with E-state index in [2.05, 4.69) is 51.9 Å². The number of nitrogen functional groups attached to an aromatic ring is 2. The molecule has 0 aliphatic carbocycles. The number of anilines is 2. The second kappa shape index (κ2) is 15.9. The molecule has 4 aromatic heterocycles. The summed E-state index contributed by atoms with van der Waals surface area (Å²) < 4.78 is 0.706. The monoisotopic (exact) mass is 720 g/mol. The Morgan fingerprint density at radius 3 is 1.66 bits per heavy atom. The van der Waals surface area contributed by atoms with Crippen LogP contribution in [-0.4, -0.2) is 47.1 Å². The van der Waals surface area contributed by atoms with E-state index in [1.54, 1.807) is 36.8 Å². The molecule has 0 saturated carbocycles. The molecule has 0 radical (unpaired) electrons. The van der Waals surface area contributed by atoms with Crippen LogP contribution >= 0.6 is 15.9 Å². The molecule has 50 heavy (non-hydrogen) atoms. The van der Waals surface area contributed by atoms with Gasteiger partial charge in [0, 0.05) is 34.5 Å². The van der Waals surface area contributed by atoms with Crippen molar-refractivity contribution in [2.24, 2.45) is 0 Å². The molecule has 244 valence electrons. The first-order valence-corrected chi connectivity index (χ1v) is 16.2. The summed E-state index contributed by atoms with van der Waals surface area (Å²) in [5.74, 6) is 0.835. The van der Waals surface area contributed by atoms with Crippen molar-refractivity contribution < 1.29 is 10.0 Å². The highest BCUT2D eigenvalue weighted by Gasteiger charge is 2.13. The van der Waals surface area contributed by atoms with E-state index >= 15 is 0 Å². The van der Waals surface area contributed by atoms with Crippen molar-refractivity contribution in [3.05, 3.63) is 151 Å². The second-order valence-corrected chi connectivity index (χ2v) is 11.6.